The molecule has 9 nitrogen and oxygen atoms in total. The summed E-state index contributed by atoms with van der Waals surface area (Å²) in [5, 5.41) is 15.5. The maximum atomic E-state index is 11.7. The Kier molecular flexibility index (Phi) is 4.01. The van der Waals surface area contributed by atoms with E-state index in [9.17, 15) is 4.79 Å². The fraction of sp³-hybridized carbons (Fsp3) is 0.417. The molecular weight excluding hydrogens is 274 g/mol. The minimum Gasteiger partial charge on any atom is -0.378 e. The number of nitrogens with one attached hydrogen (secondary N) is 2. The number of H-pyrrole nitrogens is 1. The van der Waals surface area contributed by atoms with Gasteiger partial charge in [-0.25, -0.2) is 4.98 Å². The van der Waals surface area contributed by atoms with Gasteiger partial charge in [0.05, 0.1) is 13.2 Å². The normalized spacial score (nSPS) is 15.0. The summed E-state index contributed by atoms with van der Waals surface area (Å²) in [5.74, 6) is 0.570. The molecule has 1 aliphatic heterocycles. The van der Waals surface area contributed by atoms with E-state index >= 15 is 0 Å². The first-order chi connectivity index (χ1) is 10.3. The lowest BCUT2D eigenvalue weighted by atomic mass is 10.2. The smallest absolute Gasteiger partial charge is 0.293 e. The molecule has 2 aromatic heterocycles. The minimum absolute atomic E-state index is 0.0212. The standard InChI is InChI=1S/C12H15N7O2/c20-12(11-15-17-18-16-11)14-8-9-1-2-10(13-7-9)19-3-5-21-6-4-19/h1-2,7H,3-6,8H2,(H,14,20)(H,15,16,17,18). The average Bonchev–Trinajstić information content (AvgIpc) is 3.08. The van der Waals surface area contributed by atoms with Gasteiger partial charge >= 0.3 is 0 Å². The van der Waals surface area contributed by atoms with Crippen LogP contribution in [0, 0.1) is 0 Å². The van der Waals surface area contributed by atoms with E-state index in [1.54, 1.807) is 6.20 Å². The van der Waals surface area contributed by atoms with E-state index in [0.29, 0.717) is 6.54 Å². The fourth-order valence-corrected chi connectivity index (χ4v) is 2.02. The van der Waals surface area contributed by atoms with Gasteiger partial charge in [-0.1, -0.05) is 6.07 Å². The molecule has 0 atom stereocenters. The fourth-order valence-electron chi connectivity index (χ4n) is 2.02. The molecule has 2 aromatic rings. The number of aromatic nitrogens is 5. The maximum absolute atomic E-state index is 11.7. The van der Waals surface area contributed by atoms with Crippen LogP contribution >= 0.6 is 0 Å². The number of carbonyl (C=O) groups excluding carboxylic acids is 1. The highest BCUT2D eigenvalue weighted by atomic mass is 16.5. The predicted octanol–water partition coefficient (Wildman–Crippen LogP) is -0.639. The van der Waals surface area contributed by atoms with Crippen LogP contribution in [0.2, 0.25) is 0 Å². The van der Waals surface area contributed by atoms with E-state index in [-0.39, 0.29) is 11.7 Å². The number of pyridine rings is 1. The molecule has 1 saturated heterocycles. The highest BCUT2D eigenvalue weighted by Crippen LogP contribution is 2.12. The Labute approximate surface area is 120 Å². The molecule has 0 aromatic carbocycles. The summed E-state index contributed by atoms with van der Waals surface area (Å²) in [4.78, 5) is 18.2. The maximum Gasteiger partial charge on any atom is 0.293 e. The average molecular weight is 289 g/mol. The Morgan fingerprint density at radius 3 is 2.90 bits per heavy atom. The van der Waals surface area contributed by atoms with E-state index in [0.717, 1.165) is 37.7 Å². The lowest BCUT2D eigenvalue weighted by molar-refractivity contribution is 0.0940. The summed E-state index contributed by atoms with van der Waals surface area (Å²) >= 11 is 0. The molecule has 1 amide bonds. The van der Waals surface area contributed by atoms with E-state index in [4.69, 9.17) is 4.74 Å². The van der Waals surface area contributed by atoms with Crippen molar-refractivity contribution in [2.45, 2.75) is 6.54 Å². The lowest BCUT2D eigenvalue weighted by Crippen LogP contribution is -2.36. The Hall–Kier alpha value is -2.55. The van der Waals surface area contributed by atoms with Gasteiger partial charge < -0.3 is 15.0 Å². The minimum atomic E-state index is -0.374. The topological polar surface area (TPSA) is 109 Å². The molecule has 110 valence electrons. The van der Waals surface area contributed by atoms with Gasteiger partial charge in [0.2, 0.25) is 0 Å². The second-order valence-corrected chi connectivity index (χ2v) is 4.54. The molecule has 0 radical (unpaired) electrons. The summed E-state index contributed by atoms with van der Waals surface area (Å²) in [6.07, 6.45) is 1.75. The quantitative estimate of drug-likeness (QED) is 0.770. The number of hydrogen-bond acceptors (Lipinski definition) is 7. The largest absolute Gasteiger partial charge is 0.378 e. The zero-order chi connectivity index (χ0) is 14.5. The van der Waals surface area contributed by atoms with E-state index in [1.165, 1.54) is 0 Å². The van der Waals surface area contributed by atoms with Crippen molar-refractivity contribution >= 4 is 11.7 Å². The first kappa shape index (κ1) is 13.4. The van der Waals surface area contributed by atoms with Crippen molar-refractivity contribution in [3.63, 3.8) is 0 Å². The van der Waals surface area contributed by atoms with Crippen LogP contribution < -0.4 is 10.2 Å². The number of amides is 1. The zero-order valence-electron chi connectivity index (χ0n) is 11.3. The SMILES string of the molecule is O=C(NCc1ccc(N2CCOCC2)nc1)c1nn[nH]n1. The van der Waals surface area contributed by atoms with Gasteiger partial charge in [0.25, 0.3) is 11.7 Å². The van der Waals surface area contributed by atoms with Crippen LogP contribution in [0.4, 0.5) is 5.82 Å². The Morgan fingerprint density at radius 2 is 2.24 bits per heavy atom. The molecule has 0 spiro atoms. The van der Waals surface area contributed by atoms with Crippen molar-refractivity contribution in [1.82, 2.24) is 30.9 Å². The van der Waals surface area contributed by atoms with Gasteiger partial charge in [-0.15, -0.1) is 10.2 Å². The molecule has 1 fully saturated rings. The number of aromatic amines is 1. The number of rotatable bonds is 4. The van der Waals surface area contributed by atoms with Crippen molar-refractivity contribution in [3.8, 4) is 0 Å². The molecule has 3 heterocycles. The highest BCUT2D eigenvalue weighted by Gasteiger charge is 2.13. The van der Waals surface area contributed by atoms with Gasteiger partial charge in [0.15, 0.2) is 0 Å². The van der Waals surface area contributed by atoms with Crippen LogP contribution in [-0.4, -0.2) is 57.8 Å². The number of morpholine rings is 1. The van der Waals surface area contributed by atoms with Crippen LogP contribution in [0.1, 0.15) is 16.2 Å². The molecule has 21 heavy (non-hydrogen) atoms. The second-order valence-electron chi connectivity index (χ2n) is 4.54. The van der Waals surface area contributed by atoms with Crippen molar-refractivity contribution in [3.05, 3.63) is 29.7 Å². The third kappa shape index (κ3) is 3.31. The molecule has 0 aliphatic carbocycles. The van der Waals surface area contributed by atoms with E-state index < -0.39 is 0 Å². The first-order valence-corrected chi connectivity index (χ1v) is 6.62. The number of tetrazole rings is 1. The highest BCUT2D eigenvalue weighted by molar-refractivity contribution is 5.89. The van der Waals surface area contributed by atoms with Crippen molar-refractivity contribution in [2.75, 3.05) is 31.2 Å². The van der Waals surface area contributed by atoms with Crippen molar-refractivity contribution in [1.29, 1.82) is 0 Å². The van der Waals surface area contributed by atoms with Crippen LogP contribution in [0.15, 0.2) is 18.3 Å². The van der Waals surface area contributed by atoms with Gasteiger partial charge in [0.1, 0.15) is 5.82 Å². The van der Waals surface area contributed by atoms with E-state index in [1.807, 2.05) is 12.1 Å². The van der Waals surface area contributed by atoms with Gasteiger partial charge in [-0.3, -0.25) is 4.79 Å². The third-order valence-electron chi connectivity index (χ3n) is 3.15. The number of anilines is 1. The molecule has 3 rings (SSSR count). The van der Waals surface area contributed by atoms with E-state index in [2.05, 4.69) is 35.8 Å². The molecule has 0 unspecified atom stereocenters. The molecular formula is C12H15N7O2. The second kappa shape index (κ2) is 6.27. The number of carbonyl (C=O) groups is 1. The Morgan fingerprint density at radius 1 is 1.38 bits per heavy atom. The van der Waals surface area contributed by atoms with Crippen LogP contribution in [0.3, 0.4) is 0 Å². The lowest BCUT2D eigenvalue weighted by Gasteiger charge is -2.27. The van der Waals surface area contributed by atoms with Gasteiger partial charge in [-0.2, -0.15) is 5.21 Å². The Balaban J connectivity index is 1.55. The Bertz CT molecular complexity index is 578. The molecule has 2 N–H and O–H groups in total. The van der Waals surface area contributed by atoms with Crippen LogP contribution in [0.25, 0.3) is 0 Å². The summed E-state index contributed by atoms with van der Waals surface area (Å²) in [5.41, 5.74) is 0.906. The van der Waals surface area contributed by atoms with Gasteiger partial charge in [0, 0.05) is 25.8 Å². The first-order valence-electron chi connectivity index (χ1n) is 6.62. The monoisotopic (exact) mass is 289 g/mol. The summed E-state index contributed by atoms with van der Waals surface area (Å²) < 4.78 is 5.31. The summed E-state index contributed by atoms with van der Waals surface area (Å²) in [6.45, 7) is 3.51. The van der Waals surface area contributed by atoms with Crippen molar-refractivity contribution in [2.24, 2.45) is 0 Å². The third-order valence-corrected chi connectivity index (χ3v) is 3.15. The number of hydrogen-bond donors (Lipinski definition) is 2. The molecule has 0 bridgehead atoms. The summed E-state index contributed by atoms with van der Waals surface area (Å²) in [7, 11) is 0. The molecule has 0 saturated carbocycles. The predicted molar refractivity (Wildman–Crippen MR) is 72.6 cm³/mol. The summed E-state index contributed by atoms with van der Waals surface area (Å²) in [6, 6.07) is 3.88. The number of ether oxygens (including phenoxy) is 1. The molecule has 1 aliphatic rings. The van der Waals surface area contributed by atoms with Crippen LogP contribution in [0.5, 0.6) is 0 Å². The van der Waals surface area contributed by atoms with Crippen LogP contribution in [-0.2, 0) is 11.3 Å². The van der Waals surface area contributed by atoms with Crippen molar-refractivity contribution < 1.29 is 9.53 Å². The molecule has 9 heteroatoms. The zero-order valence-corrected chi connectivity index (χ0v) is 11.3. The number of nitrogens with zero attached hydrogens (tertiary/aromatic N) is 5. The van der Waals surface area contributed by atoms with Gasteiger partial charge in [-0.05, 0) is 16.8 Å².